The molecular formula is C16H10ClF3N2O2. The van der Waals surface area contributed by atoms with Crippen molar-refractivity contribution in [3.8, 4) is 0 Å². The molecule has 0 saturated carbocycles. The molecule has 0 spiro atoms. The first-order valence-corrected chi connectivity index (χ1v) is 7.22. The molecule has 0 radical (unpaired) electrons. The van der Waals surface area contributed by atoms with Gasteiger partial charge in [-0.25, -0.2) is 0 Å². The normalized spacial score (nSPS) is 14.2. The highest BCUT2D eigenvalue weighted by Crippen LogP contribution is 2.37. The minimum Gasteiger partial charge on any atom is -0.323 e. The average molecular weight is 355 g/mol. The average Bonchev–Trinajstić information content (AvgIpc) is 2.52. The maximum atomic E-state index is 12.8. The SMILES string of the molecule is O=C1CN(C(=O)c2ccc(Cl)cc2)c2ccc(C(F)(F)F)cc2N1. The molecule has 1 heterocycles. The lowest BCUT2D eigenvalue weighted by molar-refractivity contribution is -0.137. The standard InChI is InChI=1S/C16H10ClF3N2O2/c17-11-4-1-9(2-5-11)15(24)22-8-14(23)21-12-7-10(16(18,19)20)3-6-13(12)22/h1-7H,8H2,(H,21,23). The van der Waals surface area contributed by atoms with E-state index in [9.17, 15) is 22.8 Å². The van der Waals surface area contributed by atoms with Crippen molar-refractivity contribution in [3.63, 3.8) is 0 Å². The minimum absolute atomic E-state index is 0.0524. The Bertz CT molecular complexity index is 819. The van der Waals surface area contributed by atoms with Gasteiger partial charge in [-0.05, 0) is 42.5 Å². The highest BCUT2D eigenvalue weighted by Gasteiger charge is 2.34. The molecule has 0 atom stereocenters. The number of benzene rings is 2. The molecule has 2 aromatic rings. The summed E-state index contributed by atoms with van der Waals surface area (Å²) in [5, 5.41) is 2.81. The number of carbonyl (C=O) groups is 2. The summed E-state index contributed by atoms with van der Waals surface area (Å²) >= 11 is 5.77. The van der Waals surface area contributed by atoms with Crippen LogP contribution in [0.2, 0.25) is 5.02 Å². The summed E-state index contributed by atoms with van der Waals surface area (Å²) in [7, 11) is 0. The molecule has 2 aromatic carbocycles. The number of halogens is 4. The molecule has 1 aliphatic rings. The Morgan fingerprint density at radius 2 is 1.79 bits per heavy atom. The number of anilines is 2. The molecule has 3 rings (SSSR count). The van der Waals surface area contributed by atoms with E-state index in [0.717, 1.165) is 17.0 Å². The maximum absolute atomic E-state index is 12.8. The van der Waals surface area contributed by atoms with Crippen molar-refractivity contribution in [2.24, 2.45) is 0 Å². The number of rotatable bonds is 1. The predicted molar refractivity (Wildman–Crippen MR) is 83.2 cm³/mol. The van der Waals surface area contributed by atoms with Gasteiger partial charge < -0.3 is 5.32 Å². The third kappa shape index (κ3) is 3.07. The summed E-state index contributed by atoms with van der Waals surface area (Å²) in [6, 6.07) is 8.87. The molecule has 0 saturated heterocycles. The van der Waals surface area contributed by atoms with Crippen LogP contribution in [0.4, 0.5) is 24.5 Å². The van der Waals surface area contributed by atoms with Crippen LogP contribution in [0, 0.1) is 0 Å². The van der Waals surface area contributed by atoms with Gasteiger partial charge in [-0.1, -0.05) is 11.6 Å². The summed E-state index contributed by atoms with van der Waals surface area (Å²) in [6.45, 7) is -0.278. The zero-order valence-electron chi connectivity index (χ0n) is 12.0. The summed E-state index contributed by atoms with van der Waals surface area (Å²) in [5.74, 6) is -1.06. The monoisotopic (exact) mass is 354 g/mol. The Kier molecular flexibility index (Phi) is 3.96. The Labute approximate surface area is 139 Å². The van der Waals surface area contributed by atoms with E-state index in [2.05, 4.69) is 5.32 Å². The van der Waals surface area contributed by atoms with E-state index in [-0.39, 0.29) is 23.5 Å². The number of hydrogen-bond acceptors (Lipinski definition) is 2. The van der Waals surface area contributed by atoms with Gasteiger partial charge in [-0.15, -0.1) is 0 Å². The van der Waals surface area contributed by atoms with Crippen LogP contribution in [0.15, 0.2) is 42.5 Å². The quantitative estimate of drug-likeness (QED) is 0.842. The Hall–Kier alpha value is -2.54. The van der Waals surface area contributed by atoms with E-state index in [1.54, 1.807) is 0 Å². The number of alkyl halides is 3. The van der Waals surface area contributed by atoms with Gasteiger partial charge >= 0.3 is 6.18 Å². The largest absolute Gasteiger partial charge is 0.416 e. The first-order chi connectivity index (χ1) is 11.3. The van der Waals surface area contributed by atoms with Crippen LogP contribution in [-0.2, 0) is 11.0 Å². The maximum Gasteiger partial charge on any atom is 0.416 e. The Morgan fingerprint density at radius 3 is 2.42 bits per heavy atom. The molecule has 2 amide bonds. The van der Waals surface area contributed by atoms with Gasteiger partial charge in [0.25, 0.3) is 5.91 Å². The zero-order valence-corrected chi connectivity index (χ0v) is 12.8. The van der Waals surface area contributed by atoms with Crippen molar-refractivity contribution >= 4 is 34.8 Å². The zero-order chi connectivity index (χ0) is 17.5. The van der Waals surface area contributed by atoms with Crippen LogP contribution in [0.25, 0.3) is 0 Å². The summed E-state index contributed by atoms with van der Waals surface area (Å²) in [6.07, 6.45) is -4.54. The summed E-state index contributed by atoms with van der Waals surface area (Å²) in [5.41, 5.74) is -0.465. The lowest BCUT2D eigenvalue weighted by Gasteiger charge is -2.29. The topological polar surface area (TPSA) is 49.4 Å². The molecule has 1 N–H and O–H groups in total. The third-order valence-corrected chi connectivity index (χ3v) is 3.78. The molecule has 0 aromatic heterocycles. The van der Waals surface area contributed by atoms with Crippen LogP contribution < -0.4 is 10.2 Å². The second-order valence-corrected chi connectivity index (χ2v) is 5.61. The van der Waals surface area contributed by atoms with E-state index in [0.29, 0.717) is 5.02 Å². The van der Waals surface area contributed by atoms with Gasteiger partial charge in [-0.3, -0.25) is 14.5 Å². The molecule has 8 heteroatoms. The van der Waals surface area contributed by atoms with E-state index in [1.807, 2.05) is 0 Å². The highest BCUT2D eigenvalue weighted by molar-refractivity contribution is 6.30. The molecule has 0 bridgehead atoms. The van der Waals surface area contributed by atoms with E-state index < -0.39 is 23.6 Å². The van der Waals surface area contributed by atoms with Crippen molar-refractivity contribution in [3.05, 3.63) is 58.6 Å². The summed E-state index contributed by atoms with van der Waals surface area (Å²) < 4.78 is 38.4. The second-order valence-electron chi connectivity index (χ2n) is 5.18. The van der Waals surface area contributed by atoms with Crippen molar-refractivity contribution in [1.82, 2.24) is 0 Å². The van der Waals surface area contributed by atoms with Crippen LogP contribution in [0.5, 0.6) is 0 Å². The van der Waals surface area contributed by atoms with E-state index in [4.69, 9.17) is 11.6 Å². The molecule has 1 aliphatic heterocycles. The lowest BCUT2D eigenvalue weighted by atomic mass is 10.1. The molecule has 0 unspecified atom stereocenters. The first-order valence-electron chi connectivity index (χ1n) is 6.84. The molecular weight excluding hydrogens is 345 g/mol. The van der Waals surface area contributed by atoms with Crippen LogP contribution in [0.3, 0.4) is 0 Å². The van der Waals surface area contributed by atoms with E-state index in [1.165, 1.54) is 30.3 Å². The number of amides is 2. The van der Waals surface area contributed by atoms with Gasteiger partial charge in [0.15, 0.2) is 0 Å². The Morgan fingerprint density at radius 1 is 1.12 bits per heavy atom. The van der Waals surface area contributed by atoms with Crippen LogP contribution in [0.1, 0.15) is 15.9 Å². The highest BCUT2D eigenvalue weighted by atomic mass is 35.5. The predicted octanol–water partition coefficient (Wildman–Crippen LogP) is 3.96. The molecule has 124 valence electrons. The first kappa shape index (κ1) is 16.3. The number of nitrogens with zero attached hydrogens (tertiary/aromatic N) is 1. The minimum atomic E-state index is -4.54. The summed E-state index contributed by atoms with van der Waals surface area (Å²) in [4.78, 5) is 25.5. The molecule has 0 fully saturated rings. The van der Waals surface area contributed by atoms with Gasteiger partial charge in [-0.2, -0.15) is 13.2 Å². The van der Waals surface area contributed by atoms with Gasteiger partial charge in [0, 0.05) is 10.6 Å². The van der Waals surface area contributed by atoms with Crippen LogP contribution in [-0.4, -0.2) is 18.4 Å². The van der Waals surface area contributed by atoms with Crippen LogP contribution >= 0.6 is 11.6 Å². The number of hydrogen-bond donors (Lipinski definition) is 1. The number of carbonyl (C=O) groups excluding carboxylic acids is 2. The fourth-order valence-electron chi connectivity index (χ4n) is 2.40. The molecule has 24 heavy (non-hydrogen) atoms. The third-order valence-electron chi connectivity index (χ3n) is 3.53. The van der Waals surface area contributed by atoms with Gasteiger partial charge in [0.05, 0.1) is 16.9 Å². The molecule has 0 aliphatic carbocycles. The van der Waals surface area contributed by atoms with Crippen molar-refractivity contribution < 1.29 is 22.8 Å². The lowest BCUT2D eigenvalue weighted by Crippen LogP contribution is -2.42. The number of fused-ring (bicyclic) bond motifs is 1. The fraction of sp³-hybridized carbons (Fsp3) is 0.125. The Balaban J connectivity index is 2.01. The molecule has 4 nitrogen and oxygen atoms in total. The fourth-order valence-corrected chi connectivity index (χ4v) is 2.52. The van der Waals surface area contributed by atoms with Gasteiger partial charge in [0.2, 0.25) is 5.91 Å². The van der Waals surface area contributed by atoms with Gasteiger partial charge in [0.1, 0.15) is 6.54 Å². The van der Waals surface area contributed by atoms with Crippen molar-refractivity contribution in [2.45, 2.75) is 6.18 Å². The smallest absolute Gasteiger partial charge is 0.323 e. The van der Waals surface area contributed by atoms with Crippen molar-refractivity contribution in [2.75, 3.05) is 16.8 Å². The second kappa shape index (κ2) is 5.83. The van der Waals surface area contributed by atoms with Crippen molar-refractivity contribution in [1.29, 1.82) is 0 Å². The number of nitrogens with one attached hydrogen (secondary N) is 1. The van der Waals surface area contributed by atoms with E-state index >= 15 is 0 Å².